The predicted octanol–water partition coefficient (Wildman–Crippen LogP) is 6.57. The van der Waals surface area contributed by atoms with Crippen molar-refractivity contribution in [2.75, 3.05) is 7.11 Å². The topological polar surface area (TPSA) is 52.3 Å². The van der Waals surface area contributed by atoms with Crippen LogP contribution < -0.4 is 10.4 Å². The lowest BCUT2D eigenvalue weighted by atomic mass is 10.1. The standard InChI is InChI=1S/C26H19NO3S/c1-16-8-10-17(11-9-16)24-23(27-25(31-24)18-6-4-3-5-7-18)21-15-19-14-20(29-2)12-13-22(19)30-26(21)28/h3-15H,1-2H3. The first-order valence-electron chi connectivity index (χ1n) is 9.88. The summed E-state index contributed by atoms with van der Waals surface area (Å²) in [7, 11) is 1.61. The quantitative estimate of drug-likeness (QED) is 0.306. The van der Waals surface area contributed by atoms with E-state index < -0.39 is 5.63 Å². The Morgan fingerprint density at radius 2 is 1.68 bits per heavy atom. The zero-order chi connectivity index (χ0) is 21.4. The molecule has 0 saturated heterocycles. The summed E-state index contributed by atoms with van der Waals surface area (Å²) < 4.78 is 11.0. The Morgan fingerprint density at radius 3 is 2.42 bits per heavy atom. The third kappa shape index (κ3) is 3.64. The van der Waals surface area contributed by atoms with Gasteiger partial charge < -0.3 is 9.15 Å². The third-order valence-electron chi connectivity index (χ3n) is 5.16. The normalized spacial score (nSPS) is 11.0. The molecule has 0 radical (unpaired) electrons. The highest BCUT2D eigenvalue weighted by Crippen LogP contribution is 2.40. The molecule has 2 heterocycles. The van der Waals surface area contributed by atoms with Gasteiger partial charge in [0, 0.05) is 10.9 Å². The fraction of sp³-hybridized carbons (Fsp3) is 0.0769. The first-order valence-corrected chi connectivity index (χ1v) is 10.7. The molecule has 0 aliphatic rings. The van der Waals surface area contributed by atoms with Gasteiger partial charge >= 0.3 is 5.63 Å². The summed E-state index contributed by atoms with van der Waals surface area (Å²) in [5.74, 6) is 0.703. The molecule has 5 rings (SSSR count). The van der Waals surface area contributed by atoms with E-state index in [9.17, 15) is 4.79 Å². The van der Waals surface area contributed by atoms with Crippen molar-refractivity contribution in [3.63, 3.8) is 0 Å². The van der Waals surface area contributed by atoms with E-state index in [0.29, 0.717) is 22.6 Å². The first-order chi connectivity index (χ1) is 15.1. The average Bonchev–Trinajstić information content (AvgIpc) is 3.24. The van der Waals surface area contributed by atoms with E-state index in [2.05, 4.69) is 31.2 Å². The van der Waals surface area contributed by atoms with Gasteiger partial charge in [0.25, 0.3) is 0 Å². The zero-order valence-electron chi connectivity index (χ0n) is 17.1. The second kappa shape index (κ2) is 7.85. The Labute approximate surface area is 183 Å². The minimum atomic E-state index is -0.407. The molecule has 0 aliphatic heterocycles. The van der Waals surface area contributed by atoms with Gasteiger partial charge in [0.15, 0.2) is 0 Å². The highest BCUT2D eigenvalue weighted by molar-refractivity contribution is 7.19. The number of hydrogen-bond acceptors (Lipinski definition) is 5. The molecule has 0 spiro atoms. The molecule has 0 amide bonds. The van der Waals surface area contributed by atoms with E-state index in [-0.39, 0.29) is 0 Å². The Morgan fingerprint density at radius 1 is 0.903 bits per heavy atom. The van der Waals surface area contributed by atoms with Gasteiger partial charge in [0.1, 0.15) is 16.3 Å². The molecule has 0 unspecified atom stereocenters. The highest BCUT2D eigenvalue weighted by atomic mass is 32.1. The number of rotatable bonds is 4. The summed E-state index contributed by atoms with van der Waals surface area (Å²) in [6, 6.07) is 25.5. The van der Waals surface area contributed by atoms with Crippen LogP contribution in [-0.2, 0) is 0 Å². The number of methoxy groups -OCH3 is 1. The van der Waals surface area contributed by atoms with Crippen molar-refractivity contribution in [1.29, 1.82) is 0 Å². The van der Waals surface area contributed by atoms with Gasteiger partial charge in [0.2, 0.25) is 0 Å². The van der Waals surface area contributed by atoms with Crippen molar-refractivity contribution in [3.05, 3.63) is 94.8 Å². The molecule has 0 atom stereocenters. The number of aromatic nitrogens is 1. The molecule has 3 aromatic carbocycles. The second-order valence-corrected chi connectivity index (χ2v) is 8.28. The van der Waals surface area contributed by atoms with Crippen LogP contribution in [0.5, 0.6) is 5.75 Å². The van der Waals surface area contributed by atoms with Crippen molar-refractivity contribution in [1.82, 2.24) is 4.98 Å². The van der Waals surface area contributed by atoms with Gasteiger partial charge in [-0.1, -0.05) is 60.2 Å². The summed E-state index contributed by atoms with van der Waals surface area (Å²) in [6.45, 7) is 2.05. The largest absolute Gasteiger partial charge is 0.497 e. The van der Waals surface area contributed by atoms with Crippen molar-refractivity contribution in [3.8, 4) is 38.0 Å². The van der Waals surface area contributed by atoms with Crippen LogP contribution in [0.1, 0.15) is 5.56 Å². The van der Waals surface area contributed by atoms with E-state index in [4.69, 9.17) is 14.1 Å². The molecular weight excluding hydrogens is 406 g/mol. The molecule has 5 heteroatoms. The van der Waals surface area contributed by atoms with E-state index in [1.54, 1.807) is 30.6 Å². The fourth-order valence-corrected chi connectivity index (χ4v) is 4.59. The van der Waals surface area contributed by atoms with Gasteiger partial charge in [-0.15, -0.1) is 11.3 Å². The summed E-state index contributed by atoms with van der Waals surface area (Å²) in [4.78, 5) is 18.8. The lowest BCUT2D eigenvalue weighted by Gasteiger charge is -2.05. The Bertz CT molecular complexity index is 1430. The van der Waals surface area contributed by atoms with Crippen LogP contribution in [0.4, 0.5) is 0 Å². The molecule has 0 fully saturated rings. The molecular formula is C26H19NO3S. The summed E-state index contributed by atoms with van der Waals surface area (Å²) in [6.07, 6.45) is 0. The average molecular weight is 426 g/mol. The van der Waals surface area contributed by atoms with Gasteiger partial charge in [-0.25, -0.2) is 9.78 Å². The lowest BCUT2D eigenvalue weighted by molar-refractivity contribution is 0.415. The van der Waals surface area contributed by atoms with Gasteiger partial charge in [0.05, 0.1) is 23.2 Å². The van der Waals surface area contributed by atoms with Gasteiger partial charge in [-0.05, 0) is 36.8 Å². The minimum Gasteiger partial charge on any atom is -0.497 e. The monoisotopic (exact) mass is 425 g/mol. The summed E-state index contributed by atoms with van der Waals surface area (Å²) in [5, 5.41) is 1.65. The van der Waals surface area contributed by atoms with E-state index in [1.165, 1.54) is 5.56 Å². The van der Waals surface area contributed by atoms with Crippen molar-refractivity contribution in [2.45, 2.75) is 6.92 Å². The van der Waals surface area contributed by atoms with Crippen LogP contribution >= 0.6 is 11.3 Å². The maximum Gasteiger partial charge on any atom is 0.345 e. The lowest BCUT2D eigenvalue weighted by Crippen LogP contribution is -2.03. The smallest absolute Gasteiger partial charge is 0.345 e. The molecule has 0 bridgehead atoms. The molecule has 152 valence electrons. The summed E-state index contributed by atoms with van der Waals surface area (Å²) in [5.41, 5.74) is 4.39. The Balaban J connectivity index is 1.76. The number of hydrogen-bond donors (Lipinski definition) is 0. The SMILES string of the molecule is COc1ccc2oc(=O)c(-c3nc(-c4ccccc4)sc3-c3ccc(C)cc3)cc2c1. The molecule has 0 saturated carbocycles. The van der Waals surface area contributed by atoms with Crippen LogP contribution in [0.15, 0.2) is 88.1 Å². The Hall–Kier alpha value is -3.70. The maximum absolute atomic E-state index is 12.9. The van der Waals surface area contributed by atoms with Crippen LogP contribution in [0.25, 0.3) is 43.2 Å². The van der Waals surface area contributed by atoms with Crippen LogP contribution in [0, 0.1) is 6.92 Å². The highest BCUT2D eigenvalue weighted by Gasteiger charge is 2.20. The molecule has 4 nitrogen and oxygen atoms in total. The number of fused-ring (bicyclic) bond motifs is 1. The van der Waals surface area contributed by atoms with Crippen LogP contribution in [0.3, 0.4) is 0 Å². The van der Waals surface area contributed by atoms with Crippen LogP contribution in [0.2, 0.25) is 0 Å². The number of nitrogens with zero attached hydrogens (tertiary/aromatic N) is 1. The van der Waals surface area contributed by atoms with E-state index in [0.717, 1.165) is 26.4 Å². The second-order valence-electron chi connectivity index (χ2n) is 7.28. The van der Waals surface area contributed by atoms with E-state index in [1.807, 2.05) is 42.5 Å². The number of ether oxygens (including phenoxy) is 1. The van der Waals surface area contributed by atoms with Crippen molar-refractivity contribution < 1.29 is 9.15 Å². The first kappa shape index (κ1) is 19.3. The van der Waals surface area contributed by atoms with E-state index >= 15 is 0 Å². The number of thiazole rings is 1. The van der Waals surface area contributed by atoms with Gasteiger partial charge in [-0.2, -0.15) is 0 Å². The minimum absolute atomic E-state index is 0.407. The predicted molar refractivity (Wildman–Crippen MR) is 126 cm³/mol. The van der Waals surface area contributed by atoms with Crippen LogP contribution in [-0.4, -0.2) is 12.1 Å². The van der Waals surface area contributed by atoms with Crippen molar-refractivity contribution in [2.24, 2.45) is 0 Å². The van der Waals surface area contributed by atoms with Crippen molar-refractivity contribution >= 4 is 22.3 Å². The Kier molecular flexibility index (Phi) is 4.88. The maximum atomic E-state index is 12.9. The molecule has 0 N–H and O–H groups in total. The molecule has 2 aromatic heterocycles. The molecule has 5 aromatic rings. The fourth-order valence-electron chi connectivity index (χ4n) is 3.50. The third-order valence-corrected chi connectivity index (χ3v) is 6.31. The summed E-state index contributed by atoms with van der Waals surface area (Å²) >= 11 is 1.57. The number of aryl methyl sites for hydroxylation is 1. The zero-order valence-corrected chi connectivity index (χ0v) is 17.9. The number of benzene rings is 3. The molecule has 0 aliphatic carbocycles. The van der Waals surface area contributed by atoms with Gasteiger partial charge in [-0.3, -0.25) is 0 Å². The molecule has 31 heavy (non-hydrogen) atoms.